The van der Waals surface area contributed by atoms with Crippen LogP contribution in [0.1, 0.15) is 30.1 Å². The molecule has 9 heteroatoms. The number of benzene rings is 1. The molecule has 0 saturated carbocycles. The van der Waals surface area contributed by atoms with Gasteiger partial charge in [0.25, 0.3) is 5.91 Å². The fourth-order valence-electron chi connectivity index (χ4n) is 2.58. The van der Waals surface area contributed by atoms with Crippen molar-refractivity contribution in [1.29, 1.82) is 0 Å². The van der Waals surface area contributed by atoms with E-state index in [2.05, 4.69) is 36.1 Å². The summed E-state index contributed by atoms with van der Waals surface area (Å²) in [4.78, 5) is 21.2. The number of rotatable bonds is 9. The fourth-order valence-corrected chi connectivity index (χ4v) is 2.58. The van der Waals surface area contributed by atoms with E-state index in [0.29, 0.717) is 37.0 Å². The number of carbonyl (C=O) groups is 1. The lowest BCUT2D eigenvalue weighted by Gasteiger charge is -2.13. The number of hydrogen-bond acceptors (Lipinski definition) is 8. The van der Waals surface area contributed by atoms with Crippen LogP contribution in [-0.4, -0.2) is 45.7 Å². The second kappa shape index (κ2) is 9.56. The van der Waals surface area contributed by atoms with Crippen molar-refractivity contribution in [2.24, 2.45) is 5.73 Å². The van der Waals surface area contributed by atoms with Crippen molar-refractivity contribution in [1.82, 2.24) is 25.5 Å². The van der Waals surface area contributed by atoms with E-state index in [0.717, 1.165) is 29.4 Å². The van der Waals surface area contributed by atoms with E-state index in [1.165, 1.54) is 6.20 Å². The van der Waals surface area contributed by atoms with Crippen LogP contribution in [-0.2, 0) is 0 Å². The molecule has 0 saturated heterocycles. The van der Waals surface area contributed by atoms with Gasteiger partial charge < -0.3 is 21.7 Å². The van der Waals surface area contributed by atoms with Gasteiger partial charge in [-0.3, -0.25) is 4.79 Å². The zero-order valence-electron chi connectivity index (χ0n) is 15.8. The van der Waals surface area contributed by atoms with E-state index < -0.39 is 0 Å². The van der Waals surface area contributed by atoms with Gasteiger partial charge in [-0.05, 0) is 43.7 Å². The average Bonchev–Trinajstić information content (AvgIpc) is 2.72. The highest BCUT2D eigenvalue weighted by Crippen LogP contribution is 2.21. The van der Waals surface area contributed by atoms with Crippen LogP contribution in [0.15, 0.2) is 36.7 Å². The van der Waals surface area contributed by atoms with Gasteiger partial charge in [-0.25, -0.2) is 4.98 Å². The van der Waals surface area contributed by atoms with E-state index in [1.54, 1.807) is 6.20 Å². The first-order valence-corrected chi connectivity index (χ1v) is 9.29. The molecule has 146 valence electrons. The van der Waals surface area contributed by atoms with Gasteiger partial charge in [0.05, 0.1) is 11.7 Å². The molecule has 0 fully saturated rings. The Bertz CT molecular complexity index is 946. The van der Waals surface area contributed by atoms with E-state index in [9.17, 15) is 4.79 Å². The number of amides is 1. The van der Waals surface area contributed by atoms with Gasteiger partial charge in [0.1, 0.15) is 11.4 Å². The van der Waals surface area contributed by atoms with E-state index >= 15 is 0 Å². The summed E-state index contributed by atoms with van der Waals surface area (Å²) >= 11 is 0. The summed E-state index contributed by atoms with van der Waals surface area (Å²) in [5.41, 5.74) is 7.51. The number of nitrogens with one attached hydrogen (secondary N) is 3. The normalized spacial score (nSPS) is 10.6. The number of hydrogen-bond donors (Lipinski definition) is 4. The second-order valence-electron chi connectivity index (χ2n) is 6.21. The molecule has 5 N–H and O–H groups in total. The number of fused-ring (bicyclic) bond motifs is 1. The van der Waals surface area contributed by atoms with Crippen LogP contribution in [0.25, 0.3) is 10.9 Å². The second-order valence-corrected chi connectivity index (χ2v) is 6.21. The first-order chi connectivity index (χ1) is 13.7. The van der Waals surface area contributed by atoms with Gasteiger partial charge in [-0.1, -0.05) is 6.92 Å². The van der Waals surface area contributed by atoms with Crippen molar-refractivity contribution in [3.05, 3.63) is 42.2 Å². The lowest BCUT2D eigenvalue weighted by molar-refractivity contribution is 0.0953. The quantitative estimate of drug-likeness (QED) is 0.415. The first-order valence-electron chi connectivity index (χ1n) is 9.29. The molecule has 1 amide bonds. The van der Waals surface area contributed by atoms with Crippen LogP contribution in [0, 0.1) is 0 Å². The molecule has 0 atom stereocenters. The molecule has 0 aliphatic rings. The van der Waals surface area contributed by atoms with E-state index in [1.807, 2.05) is 31.2 Å². The summed E-state index contributed by atoms with van der Waals surface area (Å²) < 4.78 is 0. The molecular weight excluding hydrogens is 356 g/mol. The number of nitrogens with zero attached hydrogens (tertiary/aromatic N) is 4. The summed E-state index contributed by atoms with van der Waals surface area (Å²) in [5, 5.41) is 18.1. The molecule has 3 rings (SSSR count). The van der Waals surface area contributed by atoms with Gasteiger partial charge in [0, 0.05) is 30.4 Å². The summed E-state index contributed by atoms with van der Waals surface area (Å²) in [7, 11) is 0. The highest BCUT2D eigenvalue weighted by Gasteiger charge is 2.14. The molecule has 0 spiro atoms. The first kappa shape index (κ1) is 19.4. The Labute approximate surface area is 163 Å². The summed E-state index contributed by atoms with van der Waals surface area (Å²) in [6, 6.07) is 7.59. The lowest BCUT2D eigenvalue weighted by atomic mass is 10.2. The Balaban J connectivity index is 1.81. The molecule has 2 aromatic heterocycles. The van der Waals surface area contributed by atoms with Crippen LogP contribution in [0.4, 0.5) is 17.5 Å². The van der Waals surface area contributed by atoms with Crippen LogP contribution >= 0.6 is 0 Å². The van der Waals surface area contributed by atoms with E-state index in [4.69, 9.17) is 5.73 Å². The van der Waals surface area contributed by atoms with Crippen molar-refractivity contribution in [2.45, 2.75) is 19.8 Å². The smallest absolute Gasteiger partial charge is 0.256 e. The number of carbonyl (C=O) groups excluding carboxylic acids is 1. The van der Waals surface area contributed by atoms with Crippen LogP contribution in [0.5, 0.6) is 0 Å². The molecule has 9 nitrogen and oxygen atoms in total. The minimum atomic E-state index is -0.220. The molecule has 0 radical (unpaired) electrons. The molecule has 0 unspecified atom stereocenters. The molecular formula is C19H24N8O. The summed E-state index contributed by atoms with van der Waals surface area (Å²) in [5.74, 6) is 0.678. The van der Waals surface area contributed by atoms with Crippen molar-refractivity contribution < 1.29 is 4.79 Å². The third-order valence-electron chi connectivity index (χ3n) is 4.01. The van der Waals surface area contributed by atoms with Gasteiger partial charge in [0.15, 0.2) is 0 Å². The van der Waals surface area contributed by atoms with Crippen molar-refractivity contribution in [2.75, 3.05) is 30.3 Å². The molecule has 0 bridgehead atoms. The average molecular weight is 380 g/mol. The Morgan fingerprint density at radius 2 is 2.11 bits per heavy atom. The van der Waals surface area contributed by atoms with Crippen molar-refractivity contribution >= 4 is 34.3 Å². The predicted molar refractivity (Wildman–Crippen MR) is 110 cm³/mol. The Morgan fingerprint density at radius 1 is 1.21 bits per heavy atom. The van der Waals surface area contributed by atoms with Crippen LogP contribution in [0.2, 0.25) is 0 Å². The molecule has 28 heavy (non-hydrogen) atoms. The number of nitrogens with two attached hydrogens (primary N) is 1. The fraction of sp³-hybridized carbons (Fsp3) is 0.316. The zero-order valence-corrected chi connectivity index (χ0v) is 15.8. The standard InChI is InChI=1S/C19H24N8O/c1-2-8-21-17-15(18(28)22-9-3-7-20)12-23-19(26-17)25-14-4-5-16-13(11-14)6-10-24-27-16/h4-6,10-12H,2-3,7-9,20H2,1H3,(H,22,28)(H2,21,23,25,26). The summed E-state index contributed by atoms with van der Waals surface area (Å²) in [6.45, 7) is 3.79. The van der Waals surface area contributed by atoms with E-state index in [-0.39, 0.29) is 5.91 Å². The largest absolute Gasteiger partial charge is 0.369 e. The molecule has 0 aliphatic heterocycles. The maximum atomic E-state index is 12.4. The maximum absolute atomic E-state index is 12.4. The maximum Gasteiger partial charge on any atom is 0.256 e. The highest BCUT2D eigenvalue weighted by atomic mass is 16.1. The SMILES string of the molecule is CCCNc1nc(Nc2ccc3nnccc3c2)ncc1C(=O)NCCCN. The van der Waals surface area contributed by atoms with Gasteiger partial charge in [-0.15, -0.1) is 0 Å². The van der Waals surface area contributed by atoms with Crippen molar-refractivity contribution in [3.8, 4) is 0 Å². The molecule has 2 heterocycles. The Morgan fingerprint density at radius 3 is 2.93 bits per heavy atom. The third kappa shape index (κ3) is 4.89. The van der Waals surface area contributed by atoms with Crippen LogP contribution < -0.4 is 21.7 Å². The minimum absolute atomic E-state index is 0.220. The minimum Gasteiger partial charge on any atom is -0.369 e. The molecule has 0 aliphatic carbocycles. The Hall–Kier alpha value is -3.33. The monoisotopic (exact) mass is 380 g/mol. The Kier molecular flexibility index (Phi) is 6.64. The van der Waals surface area contributed by atoms with Gasteiger partial charge in [0.2, 0.25) is 5.95 Å². The number of aromatic nitrogens is 4. The topological polar surface area (TPSA) is 131 Å². The summed E-state index contributed by atoms with van der Waals surface area (Å²) in [6.07, 6.45) is 4.80. The molecule has 3 aromatic rings. The van der Waals surface area contributed by atoms with Crippen LogP contribution in [0.3, 0.4) is 0 Å². The van der Waals surface area contributed by atoms with Gasteiger partial charge >= 0.3 is 0 Å². The molecule has 1 aromatic carbocycles. The van der Waals surface area contributed by atoms with Crippen molar-refractivity contribution in [3.63, 3.8) is 0 Å². The highest BCUT2D eigenvalue weighted by molar-refractivity contribution is 5.98. The lowest BCUT2D eigenvalue weighted by Crippen LogP contribution is -2.27. The van der Waals surface area contributed by atoms with Gasteiger partial charge in [-0.2, -0.15) is 15.2 Å². The zero-order chi connectivity index (χ0) is 19.8. The number of anilines is 3. The predicted octanol–water partition coefficient (Wildman–Crippen LogP) is 2.06. The third-order valence-corrected chi connectivity index (χ3v) is 4.01.